The van der Waals surface area contributed by atoms with Crippen LogP contribution in [0.3, 0.4) is 0 Å². The highest BCUT2D eigenvalue weighted by atomic mass is 16.5. The summed E-state index contributed by atoms with van der Waals surface area (Å²) < 4.78 is 16.2. The summed E-state index contributed by atoms with van der Waals surface area (Å²) in [5, 5.41) is 2.81. The van der Waals surface area contributed by atoms with Crippen LogP contribution in [0.15, 0.2) is 24.3 Å². The number of carbonyl (C=O) groups excluding carboxylic acids is 1. The lowest BCUT2D eigenvalue weighted by atomic mass is 10.2. The van der Waals surface area contributed by atoms with Crippen LogP contribution in [0, 0.1) is 0 Å². The van der Waals surface area contributed by atoms with E-state index in [0.717, 1.165) is 25.2 Å². The Balaban J connectivity index is 1.70. The van der Waals surface area contributed by atoms with Gasteiger partial charge in [-0.3, -0.25) is 4.79 Å². The molecule has 1 saturated heterocycles. The summed E-state index contributed by atoms with van der Waals surface area (Å²) in [5.74, 6) is 1.23. The molecular formula is C15H21NO4. The van der Waals surface area contributed by atoms with Crippen LogP contribution >= 0.6 is 0 Å². The summed E-state index contributed by atoms with van der Waals surface area (Å²) in [4.78, 5) is 11.7. The number of benzene rings is 1. The molecule has 0 aliphatic carbocycles. The van der Waals surface area contributed by atoms with Crippen molar-refractivity contribution in [2.75, 3.05) is 26.4 Å². The first-order valence-corrected chi connectivity index (χ1v) is 7.02. The minimum Gasteiger partial charge on any atom is -0.494 e. The minimum atomic E-state index is -0.137. The van der Waals surface area contributed by atoms with E-state index in [2.05, 4.69) is 5.32 Å². The molecule has 5 nitrogen and oxygen atoms in total. The number of rotatable bonds is 7. The Kier molecular flexibility index (Phi) is 5.68. The monoisotopic (exact) mass is 279 g/mol. The average molecular weight is 279 g/mol. The lowest BCUT2D eigenvalue weighted by molar-refractivity contribution is -0.123. The van der Waals surface area contributed by atoms with Crippen molar-refractivity contribution in [1.29, 1.82) is 0 Å². The maximum Gasteiger partial charge on any atom is 0.258 e. The van der Waals surface area contributed by atoms with Crippen LogP contribution in [-0.2, 0) is 9.53 Å². The molecule has 1 unspecified atom stereocenters. The van der Waals surface area contributed by atoms with Gasteiger partial charge in [0.05, 0.1) is 12.7 Å². The number of amides is 1. The Morgan fingerprint density at radius 1 is 1.40 bits per heavy atom. The summed E-state index contributed by atoms with van der Waals surface area (Å²) in [5.41, 5.74) is 0. The summed E-state index contributed by atoms with van der Waals surface area (Å²) in [6.07, 6.45) is 2.24. The van der Waals surface area contributed by atoms with Gasteiger partial charge in [-0.1, -0.05) is 6.07 Å². The van der Waals surface area contributed by atoms with Crippen LogP contribution in [0.25, 0.3) is 0 Å². The van der Waals surface area contributed by atoms with Crippen LogP contribution in [0.5, 0.6) is 11.5 Å². The maximum absolute atomic E-state index is 11.7. The van der Waals surface area contributed by atoms with Gasteiger partial charge in [0, 0.05) is 19.2 Å². The maximum atomic E-state index is 11.7. The fraction of sp³-hybridized carbons (Fsp3) is 0.533. The molecule has 1 atom stereocenters. The Morgan fingerprint density at radius 2 is 2.20 bits per heavy atom. The Hall–Kier alpha value is -1.75. The van der Waals surface area contributed by atoms with Gasteiger partial charge in [-0.15, -0.1) is 0 Å². The molecule has 20 heavy (non-hydrogen) atoms. The van der Waals surface area contributed by atoms with Gasteiger partial charge in [0.15, 0.2) is 6.61 Å². The van der Waals surface area contributed by atoms with Crippen molar-refractivity contribution in [3.63, 3.8) is 0 Å². The van der Waals surface area contributed by atoms with E-state index >= 15 is 0 Å². The molecule has 1 heterocycles. The second-order valence-electron chi connectivity index (χ2n) is 4.64. The zero-order valence-electron chi connectivity index (χ0n) is 11.8. The molecular weight excluding hydrogens is 258 g/mol. The molecule has 1 aromatic carbocycles. The standard InChI is InChI=1S/C15H21NO4/c1-2-18-12-5-3-6-13(9-12)20-11-15(17)16-10-14-7-4-8-19-14/h3,5-6,9,14H,2,4,7-8,10-11H2,1H3,(H,16,17). The number of carbonyl (C=O) groups is 1. The molecule has 1 aromatic rings. The smallest absolute Gasteiger partial charge is 0.258 e. The predicted octanol–water partition coefficient (Wildman–Crippen LogP) is 1.76. The molecule has 1 amide bonds. The van der Waals surface area contributed by atoms with E-state index in [1.165, 1.54) is 0 Å². The summed E-state index contributed by atoms with van der Waals surface area (Å²) >= 11 is 0. The molecule has 0 saturated carbocycles. The van der Waals surface area contributed by atoms with Crippen molar-refractivity contribution >= 4 is 5.91 Å². The third kappa shape index (κ3) is 4.74. The van der Waals surface area contributed by atoms with E-state index in [0.29, 0.717) is 18.9 Å². The van der Waals surface area contributed by atoms with Crippen LogP contribution in [0.4, 0.5) is 0 Å². The molecule has 110 valence electrons. The first-order valence-electron chi connectivity index (χ1n) is 7.02. The van der Waals surface area contributed by atoms with Crippen LogP contribution in [0.2, 0.25) is 0 Å². The minimum absolute atomic E-state index is 0.00228. The SMILES string of the molecule is CCOc1cccc(OCC(=O)NCC2CCCO2)c1. The van der Waals surface area contributed by atoms with Crippen molar-refractivity contribution < 1.29 is 19.0 Å². The molecule has 1 aliphatic rings. The highest BCUT2D eigenvalue weighted by Crippen LogP contribution is 2.19. The fourth-order valence-corrected chi connectivity index (χ4v) is 2.05. The van der Waals surface area contributed by atoms with Gasteiger partial charge in [-0.05, 0) is 31.9 Å². The number of hydrogen-bond donors (Lipinski definition) is 1. The summed E-state index contributed by atoms with van der Waals surface area (Å²) in [7, 11) is 0. The second-order valence-corrected chi connectivity index (χ2v) is 4.64. The first kappa shape index (κ1) is 14.7. The molecule has 5 heteroatoms. The van der Waals surface area contributed by atoms with Gasteiger partial charge in [-0.2, -0.15) is 0 Å². The normalized spacial score (nSPS) is 17.8. The summed E-state index contributed by atoms with van der Waals surface area (Å²) in [6, 6.07) is 7.27. The molecule has 2 rings (SSSR count). The topological polar surface area (TPSA) is 56.8 Å². The zero-order valence-corrected chi connectivity index (χ0v) is 11.8. The van der Waals surface area contributed by atoms with Gasteiger partial charge >= 0.3 is 0 Å². The number of nitrogens with one attached hydrogen (secondary N) is 1. The van der Waals surface area contributed by atoms with Gasteiger partial charge in [0.1, 0.15) is 11.5 Å². The lowest BCUT2D eigenvalue weighted by Crippen LogP contribution is -2.35. The van der Waals surface area contributed by atoms with Crippen molar-refractivity contribution in [3.8, 4) is 11.5 Å². The van der Waals surface area contributed by atoms with Crippen molar-refractivity contribution in [3.05, 3.63) is 24.3 Å². The lowest BCUT2D eigenvalue weighted by Gasteiger charge is -2.12. The molecule has 0 radical (unpaired) electrons. The average Bonchev–Trinajstić information content (AvgIpc) is 2.97. The van der Waals surface area contributed by atoms with Gasteiger partial charge < -0.3 is 19.5 Å². The molecule has 0 bridgehead atoms. The van der Waals surface area contributed by atoms with E-state index in [9.17, 15) is 4.79 Å². The van der Waals surface area contributed by atoms with E-state index in [4.69, 9.17) is 14.2 Å². The molecule has 1 aliphatic heterocycles. The van der Waals surface area contributed by atoms with E-state index in [-0.39, 0.29) is 18.6 Å². The van der Waals surface area contributed by atoms with Crippen molar-refractivity contribution in [2.24, 2.45) is 0 Å². The fourth-order valence-electron chi connectivity index (χ4n) is 2.05. The van der Waals surface area contributed by atoms with Crippen LogP contribution in [-0.4, -0.2) is 38.4 Å². The highest BCUT2D eigenvalue weighted by molar-refractivity contribution is 5.77. The van der Waals surface area contributed by atoms with E-state index < -0.39 is 0 Å². The number of hydrogen-bond acceptors (Lipinski definition) is 4. The zero-order chi connectivity index (χ0) is 14.2. The third-order valence-corrected chi connectivity index (χ3v) is 3.04. The highest BCUT2D eigenvalue weighted by Gasteiger charge is 2.16. The largest absolute Gasteiger partial charge is 0.494 e. The Morgan fingerprint density at radius 3 is 2.90 bits per heavy atom. The van der Waals surface area contributed by atoms with Crippen molar-refractivity contribution in [2.45, 2.75) is 25.9 Å². The van der Waals surface area contributed by atoms with Crippen molar-refractivity contribution in [1.82, 2.24) is 5.32 Å². The second kappa shape index (κ2) is 7.75. The third-order valence-electron chi connectivity index (χ3n) is 3.04. The first-order chi connectivity index (χ1) is 9.78. The quantitative estimate of drug-likeness (QED) is 0.826. The van der Waals surface area contributed by atoms with E-state index in [1.807, 2.05) is 19.1 Å². The Bertz CT molecular complexity index is 430. The summed E-state index contributed by atoms with van der Waals surface area (Å²) in [6.45, 7) is 3.88. The van der Waals surface area contributed by atoms with Crippen LogP contribution < -0.4 is 14.8 Å². The molecule has 0 aromatic heterocycles. The van der Waals surface area contributed by atoms with E-state index in [1.54, 1.807) is 12.1 Å². The molecule has 1 fully saturated rings. The number of ether oxygens (including phenoxy) is 3. The van der Waals surface area contributed by atoms with Crippen LogP contribution in [0.1, 0.15) is 19.8 Å². The van der Waals surface area contributed by atoms with Gasteiger partial charge in [0.2, 0.25) is 0 Å². The Labute approximate surface area is 119 Å². The van der Waals surface area contributed by atoms with Gasteiger partial charge in [0.25, 0.3) is 5.91 Å². The van der Waals surface area contributed by atoms with Gasteiger partial charge in [-0.25, -0.2) is 0 Å². The molecule has 1 N–H and O–H groups in total. The molecule has 0 spiro atoms. The predicted molar refractivity (Wildman–Crippen MR) is 75.1 cm³/mol.